The zero-order valence-corrected chi connectivity index (χ0v) is 44.0. The highest BCUT2D eigenvalue weighted by Crippen LogP contribution is 2.30. The van der Waals surface area contributed by atoms with Crippen molar-refractivity contribution in [3.8, 4) is 0 Å². The maximum absolute atomic E-state index is 12.9. The van der Waals surface area contributed by atoms with Crippen LogP contribution in [0.4, 0.5) is 0 Å². The fraction of sp³-hybridized carbons (Fsp3) is 0.911. The third-order valence-electron chi connectivity index (χ3n) is 14.1. The van der Waals surface area contributed by atoms with E-state index in [1.165, 1.54) is 167 Å². The molecule has 9 N–H and O–H groups in total. The third-order valence-corrected chi connectivity index (χ3v) is 14.1. The maximum atomic E-state index is 12.9. The number of ether oxygens (including phenoxy) is 4. The molecule has 0 spiro atoms. The molecule has 70 heavy (non-hydrogen) atoms. The number of amides is 1. The van der Waals surface area contributed by atoms with Crippen molar-refractivity contribution in [2.24, 2.45) is 0 Å². The Morgan fingerprint density at radius 1 is 0.500 bits per heavy atom. The zero-order chi connectivity index (χ0) is 51.0. The van der Waals surface area contributed by atoms with Crippen LogP contribution < -0.4 is 5.32 Å². The fourth-order valence-corrected chi connectivity index (χ4v) is 9.48. The molecule has 0 aliphatic carbocycles. The standard InChI is InChI=1S/C56H105NO13/c1-3-5-7-9-10-11-12-13-14-15-16-17-18-19-20-21-22-23-24-25-26-27-28-29-30-31-32-33-34-35-36-37-39-45(60)44(57-48(61)40-38-8-6-4-2)43-67-55-53(66)51(64)54(47(42-59)69-55)70-56-52(65)50(63)49(62)46(41-58)68-56/h33-34,37,39,44-47,49-56,58-60,62-66H,3-32,35-36,38,40-43H2,1-2H3,(H,57,61)/b34-33+,39-37+. The predicted octanol–water partition coefficient (Wildman–Crippen LogP) is 8.89. The molecule has 2 aliphatic heterocycles. The average molecular weight is 1000 g/mol. The van der Waals surface area contributed by atoms with Gasteiger partial charge in [0.05, 0.1) is 32.0 Å². The summed E-state index contributed by atoms with van der Waals surface area (Å²) in [6.45, 7) is 2.64. The summed E-state index contributed by atoms with van der Waals surface area (Å²) in [6.07, 6.45) is 33.5. The van der Waals surface area contributed by atoms with Crippen LogP contribution in [0.25, 0.3) is 0 Å². The van der Waals surface area contributed by atoms with Gasteiger partial charge in [-0.15, -0.1) is 0 Å². The second kappa shape index (κ2) is 42.8. The van der Waals surface area contributed by atoms with Crippen LogP contribution in [-0.4, -0.2) is 140 Å². The van der Waals surface area contributed by atoms with Gasteiger partial charge in [0.25, 0.3) is 0 Å². The predicted molar refractivity (Wildman–Crippen MR) is 277 cm³/mol. The Morgan fingerprint density at radius 3 is 1.40 bits per heavy atom. The number of carbonyl (C=O) groups is 1. The van der Waals surface area contributed by atoms with E-state index in [4.69, 9.17) is 18.9 Å². The lowest BCUT2D eigenvalue weighted by Crippen LogP contribution is -2.65. The minimum absolute atomic E-state index is 0.266. The van der Waals surface area contributed by atoms with E-state index in [9.17, 15) is 45.6 Å². The van der Waals surface area contributed by atoms with Crippen LogP contribution in [0.15, 0.2) is 24.3 Å². The summed E-state index contributed by atoms with van der Waals surface area (Å²) in [4.78, 5) is 12.9. The number of nitrogens with one attached hydrogen (secondary N) is 1. The molecular formula is C56H105NO13. The van der Waals surface area contributed by atoms with E-state index in [0.29, 0.717) is 12.8 Å². The van der Waals surface area contributed by atoms with E-state index in [1.54, 1.807) is 6.08 Å². The Labute approximate surface area is 424 Å². The first kappa shape index (κ1) is 64.6. The molecule has 0 aromatic heterocycles. The van der Waals surface area contributed by atoms with Crippen LogP contribution in [0.5, 0.6) is 0 Å². The van der Waals surface area contributed by atoms with Crippen LogP contribution in [0.3, 0.4) is 0 Å². The van der Waals surface area contributed by atoms with Crippen molar-refractivity contribution in [1.82, 2.24) is 5.32 Å². The van der Waals surface area contributed by atoms with E-state index >= 15 is 0 Å². The van der Waals surface area contributed by atoms with Crippen molar-refractivity contribution in [3.05, 3.63) is 24.3 Å². The molecule has 2 heterocycles. The van der Waals surface area contributed by atoms with E-state index < -0.39 is 86.8 Å². The van der Waals surface area contributed by atoms with Crippen molar-refractivity contribution in [2.75, 3.05) is 19.8 Å². The molecule has 2 fully saturated rings. The number of hydrogen-bond acceptors (Lipinski definition) is 13. The van der Waals surface area contributed by atoms with Crippen molar-refractivity contribution < 1.29 is 64.6 Å². The van der Waals surface area contributed by atoms with Gasteiger partial charge in [-0.25, -0.2) is 0 Å². The van der Waals surface area contributed by atoms with Crippen molar-refractivity contribution in [3.63, 3.8) is 0 Å². The smallest absolute Gasteiger partial charge is 0.220 e. The number of rotatable bonds is 45. The Bertz CT molecular complexity index is 1270. The van der Waals surface area contributed by atoms with Gasteiger partial charge in [-0.3, -0.25) is 4.79 Å². The van der Waals surface area contributed by atoms with Crippen LogP contribution in [-0.2, 0) is 23.7 Å². The van der Waals surface area contributed by atoms with Gasteiger partial charge in [0.1, 0.15) is 48.8 Å². The summed E-state index contributed by atoms with van der Waals surface area (Å²) in [7, 11) is 0. The van der Waals surface area contributed by atoms with E-state index in [1.807, 2.05) is 6.08 Å². The average Bonchev–Trinajstić information content (AvgIpc) is 3.36. The van der Waals surface area contributed by atoms with Crippen molar-refractivity contribution >= 4 is 5.91 Å². The summed E-state index contributed by atoms with van der Waals surface area (Å²) < 4.78 is 22.6. The molecule has 12 atom stereocenters. The number of aliphatic hydroxyl groups is 8. The van der Waals surface area contributed by atoms with Gasteiger partial charge in [0.15, 0.2) is 12.6 Å². The summed E-state index contributed by atoms with van der Waals surface area (Å²) >= 11 is 0. The highest BCUT2D eigenvalue weighted by atomic mass is 16.7. The SMILES string of the molecule is CCCCCCCCCCCCCCCCCCCCCCCCCCCC/C=C/CC/C=C/C(O)C(COC1OC(CO)C(OC2OC(CO)C(O)C(O)C2O)C(O)C1O)NC(=O)CCCCCC. The molecule has 14 heteroatoms. The van der Waals surface area contributed by atoms with Crippen LogP contribution in [0, 0.1) is 0 Å². The quantitative estimate of drug-likeness (QED) is 0.0205. The molecule has 0 saturated carbocycles. The van der Waals surface area contributed by atoms with Crippen LogP contribution >= 0.6 is 0 Å². The van der Waals surface area contributed by atoms with E-state index in [2.05, 4.69) is 31.3 Å². The maximum Gasteiger partial charge on any atom is 0.220 e. The molecule has 12 unspecified atom stereocenters. The molecule has 0 bridgehead atoms. The highest BCUT2D eigenvalue weighted by molar-refractivity contribution is 5.76. The summed E-state index contributed by atoms with van der Waals surface area (Å²) in [5.74, 6) is -0.266. The van der Waals surface area contributed by atoms with Crippen molar-refractivity contribution in [1.29, 1.82) is 0 Å². The van der Waals surface area contributed by atoms with E-state index in [-0.39, 0.29) is 18.9 Å². The molecule has 0 radical (unpaired) electrons. The minimum atomic E-state index is -1.79. The molecular weight excluding hydrogens is 895 g/mol. The molecule has 2 saturated heterocycles. The number of unbranched alkanes of at least 4 members (excludes halogenated alkanes) is 30. The van der Waals surface area contributed by atoms with Gasteiger partial charge in [0, 0.05) is 6.42 Å². The molecule has 1 amide bonds. The number of aliphatic hydroxyl groups excluding tert-OH is 8. The van der Waals surface area contributed by atoms with Gasteiger partial charge < -0.3 is 65.1 Å². The van der Waals surface area contributed by atoms with Crippen molar-refractivity contribution in [2.45, 2.75) is 306 Å². The van der Waals surface area contributed by atoms with Gasteiger partial charge in [-0.05, 0) is 32.1 Å². The lowest BCUT2D eigenvalue weighted by molar-refractivity contribution is -0.359. The monoisotopic (exact) mass is 1000 g/mol. The molecule has 2 rings (SSSR count). The number of carbonyl (C=O) groups excluding carboxylic acids is 1. The Morgan fingerprint density at radius 2 is 0.914 bits per heavy atom. The molecule has 0 aromatic rings. The summed E-state index contributed by atoms with van der Waals surface area (Å²) in [6, 6.07) is -0.924. The molecule has 2 aliphatic rings. The second-order valence-electron chi connectivity index (χ2n) is 20.4. The van der Waals surface area contributed by atoms with Gasteiger partial charge in [0.2, 0.25) is 5.91 Å². The highest BCUT2D eigenvalue weighted by Gasteiger charge is 2.51. The Balaban J connectivity index is 1.58. The number of allylic oxidation sites excluding steroid dienone is 3. The first-order valence-electron chi connectivity index (χ1n) is 28.6. The normalized spacial score (nSPS) is 26.1. The largest absolute Gasteiger partial charge is 0.394 e. The third kappa shape index (κ3) is 28.8. The fourth-order valence-electron chi connectivity index (χ4n) is 9.48. The minimum Gasteiger partial charge on any atom is -0.394 e. The van der Waals surface area contributed by atoms with Gasteiger partial charge >= 0.3 is 0 Å². The topological polar surface area (TPSA) is 228 Å². The molecule has 412 valence electrons. The Hall–Kier alpha value is -1.53. The van der Waals surface area contributed by atoms with E-state index in [0.717, 1.165) is 32.1 Å². The molecule has 14 nitrogen and oxygen atoms in total. The lowest BCUT2D eigenvalue weighted by atomic mass is 9.97. The summed E-state index contributed by atoms with van der Waals surface area (Å²) in [5, 5.41) is 86.3. The number of hydrogen-bond donors (Lipinski definition) is 9. The van der Waals surface area contributed by atoms with Gasteiger partial charge in [-0.1, -0.05) is 218 Å². The molecule has 0 aromatic carbocycles. The first-order chi connectivity index (χ1) is 34.1. The summed E-state index contributed by atoms with van der Waals surface area (Å²) in [5.41, 5.74) is 0. The van der Waals surface area contributed by atoms with Gasteiger partial charge in [-0.2, -0.15) is 0 Å². The zero-order valence-electron chi connectivity index (χ0n) is 44.0. The second-order valence-corrected chi connectivity index (χ2v) is 20.4. The van der Waals surface area contributed by atoms with Crippen LogP contribution in [0.2, 0.25) is 0 Å². The Kier molecular flexibility index (Phi) is 39.5. The lowest BCUT2D eigenvalue weighted by Gasteiger charge is -2.46. The first-order valence-corrected chi connectivity index (χ1v) is 28.6. The van der Waals surface area contributed by atoms with Crippen LogP contribution in [0.1, 0.15) is 232 Å².